The highest BCUT2D eigenvalue weighted by Crippen LogP contribution is 2.28. The lowest BCUT2D eigenvalue weighted by molar-refractivity contribution is 0.0528. The molecule has 2 aromatic heterocycles. The van der Waals surface area contributed by atoms with E-state index in [0.29, 0.717) is 17.9 Å². The number of hydrogen-bond acceptors (Lipinski definition) is 4. The predicted molar refractivity (Wildman–Crippen MR) is 79.9 cm³/mol. The Balaban J connectivity index is 2.33. The molecule has 0 aliphatic carbocycles. The number of esters is 1. The van der Waals surface area contributed by atoms with Crippen LogP contribution in [0.5, 0.6) is 5.75 Å². The number of hydrogen-bond donors (Lipinski definition) is 0. The number of ether oxygens (including phenoxy) is 2. The van der Waals surface area contributed by atoms with Crippen LogP contribution in [0.1, 0.15) is 23.0 Å². The summed E-state index contributed by atoms with van der Waals surface area (Å²) in [7, 11) is 1.64. The first-order valence-electron chi connectivity index (χ1n) is 6.79. The predicted octanol–water partition coefficient (Wildman–Crippen LogP) is 2.98. The van der Waals surface area contributed by atoms with Crippen LogP contribution in [0.2, 0.25) is 0 Å². The highest BCUT2D eigenvalue weighted by Gasteiger charge is 2.19. The van der Waals surface area contributed by atoms with Gasteiger partial charge in [0.1, 0.15) is 11.3 Å². The minimum Gasteiger partial charge on any atom is -0.496 e. The second-order valence-corrected chi connectivity index (χ2v) is 4.70. The van der Waals surface area contributed by atoms with Gasteiger partial charge in [0.05, 0.1) is 30.4 Å². The van der Waals surface area contributed by atoms with E-state index in [-0.39, 0.29) is 5.97 Å². The molecule has 0 atom stereocenters. The quantitative estimate of drug-likeness (QED) is 0.694. The van der Waals surface area contributed by atoms with Gasteiger partial charge in [0.2, 0.25) is 0 Å². The maximum absolute atomic E-state index is 12.1. The van der Waals surface area contributed by atoms with Gasteiger partial charge in [-0.1, -0.05) is 6.07 Å². The number of methoxy groups -OCH3 is 1. The van der Waals surface area contributed by atoms with Gasteiger partial charge >= 0.3 is 5.97 Å². The summed E-state index contributed by atoms with van der Waals surface area (Å²) in [5.74, 6) is 0.437. The fourth-order valence-corrected chi connectivity index (χ4v) is 2.56. The number of rotatable bonds is 3. The average molecular weight is 284 g/mol. The number of fused-ring (bicyclic) bond motifs is 3. The molecule has 1 aromatic carbocycles. The summed E-state index contributed by atoms with van der Waals surface area (Å²) in [5.41, 5.74) is 2.81. The van der Waals surface area contributed by atoms with Gasteiger partial charge in [-0.15, -0.1) is 0 Å². The van der Waals surface area contributed by atoms with E-state index >= 15 is 0 Å². The van der Waals surface area contributed by atoms with Crippen LogP contribution in [-0.4, -0.2) is 29.3 Å². The molecule has 2 heterocycles. The molecule has 0 N–H and O–H groups in total. The Morgan fingerprint density at radius 2 is 2.05 bits per heavy atom. The van der Waals surface area contributed by atoms with Crippen LogP contribution >= 0.6 is 0 Å². The van der Waals surface area contributed by atoms with Crippen LogP contribution in [0.15, 0.2) is 30.3 Å². The number of carbonyl (C=O) groups excluding carboxylic acids is 1. The van der Waals surface area contributed by atoms with Crippen molar-refractivity contribution in [3.63, 3.8) is 0 Å². The standard InChI is InChI=1S/C16H16N2O3/c1-4-21-16(19)15-10(2)17-18-12-6-5-7-14(20-3)11(12)8-9-13(15)18/h5-9H,4H2,1-3H3. The molecule has 5 nitrogen and oxygen atoms in total. The summed E-state index contributed by atoms with van der Waals surface area (Å²) in [5, 5.41) is 5.43. The van der Waals surface area contributed by atoms with Crippen LogP contribution in [0, 0.1) is 6.92 Å². The minimum absolute atomic E-state index is 0.341. The maximum atomic E-state index is 12.1. The van der Waals surface area contributed by atoms with E-state index in [1.54, 1.807) is 18.5 Å². The molecule has 0 aliphatic rings. The van der Waals surface area contributed by atoms with Crippen LogP contribution in [0.3, 0.4) is 0 Å². The number of aryl methyl sites for hydroxylation is 1. The maximum Gasteiger partial charge on any atom is 0.342 e. The fourth-order valence-electron chi connectivity index (χ4n) is 2.56. The molecule has 0 spiro atoms. The van der Waals surface area contributed by atoms with Gasteiger partial charge in [-0.05, 0) is 38.1 Å². The number of carbonyl (C=O) groups is 1. The van der Waals surface area contributed by atoms with Crippen LogP contribution in [0.4, 0.5) is 0 Å². The molecule has 3 rings (SSSR count). The Hall–Kier alpha value is -2.56. The highest BCUT2D eigenvalue weighted by molar-refractivity contribution is 6.00. The van der Waals surface area contributed by atoms with Gasteiger partial charge in [0.15, 0.2) is 0 Å². The molecular formula is C16H16N2O3. The molecule has 0 radical (unpaired) electrons. The Labute approximate surface area is 122 Å². The van der Waals surface area contributed by atoms with E-state index in [4.69, 9.17) is 9.47 Å². The SMILES string of the molecule is CCOC(=O)c1c(C)nn2c1ccc1c(OC)cccc12. The van der Waals surface area contributed by atoms with Gasteiger partial charge < -0.3 is 9.47 Å². The van der Waals surface area contributed by atoms with Gasteiger partial charge in [0.25, 0.3) is 0 Å². The van der Waals surface area contributed by atoms with Gasteiger partial charge in [-0.2, -0.15) is 5.10 Å². The summed E-state index contributed by atoms with van der Waals surface area (Å²) >= 11 is 0. The lowest BCUT2D eigenvalue weighted by atomic mass is 10.1. The van der Waals surface area contributed by atoms with Crippen LogP contribution in [0.25, 0.3) is 16.4 Å². The van der Waals surface area contributed by atoms with Crippen molar-refractivity contribution in [1.82, 2.24) is 9.61 Å². The molecule has 21 heavy (non-hydrogen) atoms. The number of nitrogens with zero attached hydrogens (tertiary/aromatic N) is 2. The number of pyridine rings is 1. The average Bonchev–Trinajstić information content (AvgIpc) is 2.83. The molecule has 0 amide bonds. The molecule has 0 fully saturated rings. The van der Waals surface area contributed by atoms with Gasteiger partial charge in [-0.3, -0.25) is 0 Å². The van der Waals surface area contributed by atoms with E-state index in [1.807, 2.05) is 37.3 Å². The Bertz CT molecular complexity index is 836. The molecular weight excluding hydrogens is 268 g/mol. The summed E-state index contributed by atoms with van der Waals surface area (Å²) in [6.07, 6.45) is 0. The third kappa shape index (κ3) is 2.01. The molecule has 5 heteroatoms. The second-order valence-electron chi connectivity index (χ2n) is 4.70. The second kappa shape index (κ2) is 5.09. The van der Waals surface area contributed by atoms with Crippen LogP contribution < -0.4 is 4.74 Å². The third-order valence-corrected chi connectivity index (χ3v) is 3.47. The number of benzene rings is 1. The normalized spacial score (nSPS) is 11.0. The zero-order valence-corrected chi connectivity index (χ0v) is 12.2. The zero-order valence-electron chi connectivity index (χ0n) is 12.2. The molecule has 0 bridgehead atoms. The van der Waals surface area contributed by atoms with Crippen molar-refractivity contribution in [1.29, 1.82) is 0 Å². The summed E-state index contributed by atoms with van der Waals surface area (Å²) in [4.78, 5) is 12.1. The lowest BCUT2D eigenvalue weighted by Crippen LogP contribution is -2.05. The van der Waals surface area contributed by atoms with E-state index in [2.05, 4.69) is 5.10 Å². The first-order valence-corrected chi connectivity index (χ1v) is 6.79. The Morgan fingerprint density at radius 3 is 2.76 bits per heavy atom. The van der Waals surface area contributed by atoms with Crippen molar-refractivity contribution in [3.8, 4) is 5.75 Å². The largest absolute Gasteiger partial charge is 0.496 e. The fraction of sp³-hybridized carbons (Fsp3) is 0.250. The van der Waals surface area contributed by atoms with Crippen molar-refractivity contribution in [2.45, 2.75) is 13.8 Å². The Kier molecular flexibility index (Phi) is 3.25. The molecule has 108 valence electrons. The summed E-state index contributed by atoms with van der Waals surface area (Å²) < 4.78 is 12.2. The summed E-state index contributed by atoms with van der Waals surface area (Å²) in [6.45, 7) is 3.95. The molecule has 0 saturated carbocycles. The Morgan fingerprint density at radius 1 is 1.24 bits per heavy atom. The smallest absolute Gasteiger partial charge is 0.342 e. The van der Waals surface area contributed by atoms with Crippen molar-refractivity contribution in [2.24, 2.45) is 0 Å². The first kappa shape index (κ1) is 13.4. The van der Waals surface area contributed by atoms with Crippen molar-refractivity contribution >= 4 is 22.4 Å². The topological polar surface area (TPSA) is 52.8 Å². The lowest BCUT2D eigenvalue weighted by Gasteiger charge is -2.07. The van der Waals surface area contributed by atoms with E-state index in [0.717, 1.165) is 22.2 Å². The molecule has 0 aliphatic heterocycles. The third-order valence-electron chi connectivity index (χ3n) is 3.47. The summed E-state index contributed by atoms with van der Waals surface area (Å²) in [6, 6.07) is 9.56. The van der Waals surface area contributed by atoms with Crippen molar-refractivity contribution in [3.05, 3.63) is 41.6 Å². The van der Waals surface area contributed by atoms with E-state index in [1.165, 1.54) is 0 Å². The highest BCUT2D eigenvalue weighted by atomic mass is 16.5. The molecule has 3 aromatic rings. The first-order chi connectivity index (χ1) is 10.2. The van der Waals surface area contributed by atoms with Crippen molar-refractivity contribution < 1.29 is 14.3 Å². The van der Waals surface area contributed by atoms with Crippen molar-refractivity contribution in [2.75, 3.05) is 13.7 Å². The van der Waals surface area contributed by atoms with E-state index in [9.17, 15) is 4.79 Å². The van der Waals surface area contributed by atoms with Gasteiger partial charge in [0, 0.05) is 5.39 Å². The monoisotopic (exact) mass is 284 g/mol. The number of aromatic nitrogens is 2. The van der Waals surface area contributed by atoms with E-state index < -0.39 is 0 Å². The molecule has 0 saturated heterocycles. The zero-order chi connectivity index (χ0) is 15.0. The minimum atomic E-state index is -0.341. The molecule has 0 unspecified atom stereocenters. The van der Waals surface area contributed by atoms with Crippen LogP contribution in [-0.2, 0) is 4.74 Å². The van der Waals surface area contributed by atoms with Gasteiger partial charge in [-0.25, -0.2) is 9.31 Å².